The van der Waals surface area contributed by atoms with Gasteiger partial charge in [0.25, 0.3) is 0 Å². The van der Waals surface area contributed by atoms with Gasteiger partial charge in [0.1, 0.15) is 5.76 Å². The van der Waals surface area contributed by atoms with E-state index in [2.05, 4.69) is 10.6 Å². The third-order valence-corrected chi connectivity index (χ3v) is 2.26. The number of carbonyl (C=O) groups excluding carboxylic acids is 2. The van der Waals surface area contributed by atoms with E-state index in [9.17, 15) is 9.59 Å². The summed E-state index contributed by atoms with van der Waals surface area (Å²) in [6.45, 7) is 1.78. The summed E-state index contributed by atoms with van der Waals surface area (Å²) in [7, 11) is 0. The van der Waals surface area contributed by atoms with E-state index in [1.165, 1.54) is 6.26 Å². The molecular formula is C11H16N2O4. The maximum Gasteiger partial charge on any atom is 0.309 e. The molecule has 0 unspecified atom stereocenters. The fourth-order valence-corrected chi connectivity index (χ4v) is 1.19. The SMILES string of the molecule is CC[C@@H](CO)NC(=O)C(=O)NCc1ccco1. The Morgan fingerprint density at radius 3 is 2.76 bits per heavy atom. The highest BCUT2D eigenvalue weighted by Crippen LogP contribution is 1.98. The maximum atomic E-state index is 11.4. The molecule has 0 aliphatic rings. The van der Waals surface area contributed by atoms with Crippen LogP contribution in [0.15, 0.2) is 22.8 Å². The molecule has 2 amide bonds. The fraction of sp³-hybridized carbons (Fsp3) is 0.455. The first-order valence-corrected chi connectivity index (χ1v) is 5.39. The van der Waals surface area contributed by atoms with Gasteiger partial charge < -0.3 is 20.2 Å². The molecule has 0 spiro atoms. The van der Waals surface area contributed by atoms with Crippen molar-refractivity contribution in [2.75, 3.05) is 6.61 Å². The number of rotatable bonds is 5. The number of carbonyl (C=O) groups is 2. The lowest BCUT2D eigenvalue weighted by Gasteiger charge is -2.13. The summed E-state index contributed by atoms with van der Waals surface area (Å²) < 4.78 is 5.00. The second-order valence-corrected chi connectivity index (χ2v) is 3.52. The molecule has 1 aromatic heterocycles. The van der Waals surface area contributed by atoms with Gasteiger partial charge in [-0.25, -0.2) is 0 Å². The van der Waals surface area contributed by atoms with Gasteiger partial charge in [0.05, 0.1) is 25.5 Å². The molecule has 6 nitrogen and oxygen atoms in total. The average molecular weight is 240 g/mol. The Morgan fingerprint density at radius 2 is 2.24 bits per heavy atom. The smallest absolute Gasteiger partial charge is 0.309 e. The van der Waals surface area contributed by atoms with E-state index in [4.69, 9.17) is 9.52 Å². The third kappa shape index (κ3) is 4.28. The molecule has 0 aliphatic heterocycles. The van der Waals surface area contributed by atoms with Crippen molar-refractivity contribution in [3.63, 3.8) is 0 Å². The summed E-state index contributed by atoms with van der Waals surface area (Å²) in [5, 5.41) is 13.7. The van der Waals surface area contributed by atoms with Crippen LogP contribution in [0.25, 0.3) is 0 Å². The number of furan rings is 1. The van der Waals surface area contributed by atoms with Crippen LogP contribution in [0.1, 0.15) is 19.1 Å². The van der Waals surface area contributed by atoms with E-state index >= 15 is 0 Å². The second kappa shape index (κ2) is 6.70. The minimum atomic E-state index is -0.752. The predicted molar refractivity (Wildman–Crippen MR) is 59.9 cm³/mol. The van der Waals surface area contributed by atoms with Crippen molar-refractivity contribution in [2.24, 2.45) is 0 Å². The van der Waals surface area contributed by atoms with Crippen LogP contribution in [-0.2, 0) is 16.1 Å². The van der Waals surface area contributed by atoms with Crippen molar-refractivity contribution in [3.05, 3.63) is 24.2 Å². The normalized spacial score (nSPS) is 11.9. The van der Waals surface area contributed by atoms with Crippen molar-refractivity contribution >= 4 is 11.8 Å². The minimum Gasteiger partial charge on any atom is -0.467 e. The monoisotopic (exact) mass is 240 g/mol. The summed E-state index contributed by atoms with van der Waals surface area (Å²) in [6, 6.07) is 3.00. The number of hydrogen-bond acceptors (Lipinski definition) is 4. The Kier molecular flexibility index (Phi) is 5.22. The summed E-state index contributed by atoms with van der Waals surface area (Å²) in [5.41, 5.74) is 0. The fourth-order valence-electron chi connectivity index (χ4n) is 1.19. The highest BCUT2D eigenvalue weighted by molar-refractivity contribution is 6.35. The maximum absolute atomic E-state index is 11.4. The molecule has 1 aromatic rings. The lowest BCUT2D eigenvalue weighted by atomic mass is 10.2. The van der Waals surface area contributed by atoms with Crippen molar-refractivity contribution in [3.8, 4) is 0 Å². The molecule has 0 saturated carbocycles. The van der Waals surface area contributed by atoms with Crippen LogP contribution < -0.4 is 10.6 Å². The number of aliphatic hydroxyl groups excluding tert-OH is 1. The third-order valence-electron chi connectivity index (χ3n) is 2.26. The van der Waals surface area contributed by atoms with Crippen LogP contribution in [0.4, 0.5) is 0 Å². The van der Waals surface area contributed by atoms with Gasteiger partial charge in [0, 0.05) is 0 Å². The van der Waals surface area contributed by atoms with E-state index in [1.807, 2.05) is 6.92 Å². The van der Waals surface area contributed by atoms with E-state index in [0.717, 1.165) is 0 Å². The Bertz CT molecular complexity index is 358. The molecule has 0 radical (unpaired) electrons. The minimum absolute atomic E-state index is 0.162. The van der Waals surface area contributed by atoms with Gasteiger partial charge in [-0.3, -0.25) is 9.59 Å². The standard InChI is InChI=1S/C11H16N2O4/c1-2-8(7-14)13-11(16)10(15)12-6-9-4-3-5-17-9/h3-5,8,14H,2,6-7H2,1H3,(H,12,15)(H,13,16)/t8-/m0/s1. The Labute approximate surface area is 99.0 Å². The quantitative estimate of drug-likeness (QED) is 0.621. The van der Waals surface area contributed by atoms with Crippen molar-refractivity contribution in [1.29, 1.82) is 0 Å². The van der Waals surface area contributed by atoms with Crippen LogP contribution >= 0.6 is 0 Å². The summed E-state index contributed by atoms with van der Waals surface area (Å²) in [4.78, 5) is 22.7. The highest BCUT2D eigenvalue weighted by Gasteiger charge is 2.16. The topological polar surface area (TPSA) is 91.6 Å². The van der Waals surface area contributed by atoms with Crippen molar-refractivity contribution < 1.29 is 19.1 Å². The lowest BCUT2D eigenvalue weighted by Crippen LogP contribution is -2.45. The molecule has 1 rings (SSSR count). The molecule has 0 saturated heterocycles. The van der Waals surface area contributed by atoms with Crippen LogP contribution in [-0.4, -0.2) is 29.6 Å². The molecule has 94 valence electrons. The Morgan fingerprint density at radius 1 is 1.47 bits per heavy atom. The predicted octanol–water partition coefficient (Wildman–Crippen LogP) is -0.217. The molecule has 0 aliphatic carbocycles. The molecule has 6 heteroatoms. The number of aliphatic hydroxyl groups is 1. The van der Waals surface area contributed by atoms with E-state index in [0.29, 0.717) is 12.2 Å². The van der Waals surface area contributed by atoms with Gasteiger partial charge in [-0.15, -0.1) is 0 Å². The highest BCUT2D eigenvalue weighted by atomic mass is 16.3. The van der Waals surface area contributed by atoms with Gasteiger partial charge in [-0.2, -0.15) is 0 Å². The van der Waals surface area contributed by atoms with E-state index in [1.54, 1.807) is 12.1 Å². The van der Waals surface area contributed by atoms with Gasteiger partial charge in [-0.1, -0.05) is 6.92 Å². The first-order valence-electron chi connectivity index (χ1n) is 5.39. The molecule has 1 atom stereocenters. The van der Waals surface area contributed by atoms with Crippen LogP contribution in [0.2, 0.25) is 0 Å². The molecule has 0 bridgehead atoms. The first kappa shape index (κ1) is 13.2. The lowest BCUT2D eigenvalue weighted by molar-refractivity contribution is -0.139. The van der Waals surface area contributed by atoms with Gasteiger partial charge in [0.15, 0.2) is 0 Å². The largest absolute Gasteiger partial charge is 0.467 e. The van der Waals surface area contributed by atoms with Gasteiger partial charge >= 0.3 is 11.8 Å². The van der Waals surface area contributed by atoms with Gasteiger partial charge in [-0.05, 0) is 18.6 Å². The summed E-state index contributed by atoms with van der Waals surface area (Å²) >= 11 is 0. The number of amides is 2. The van der Waals surface area contributed by atoms with Crippen LogP contribution in [0, 0.1) is 0 Å². The molecule has 0 aromatic carbocycles. The Balaban J connectivity index is 2.34. The number of hydrogen-bond donors (Lipinski definition) is 3. The average Bonchev–Trinajstić information content (AvgIpc) is 2.85. The van der Waals surface area contributed by atoms with E-state index < -0.39 is 17.9 Å². The summed E-state index contributed by atoms with van der Waals surface area (Å²) in [5.74, 6) is -0.925. The molecule has 3 N–H and O–H groups in total. The first-order chi connectivity index (χ1) is 8.17. The molecule has 0 fully saturated rings. The van der Waals surface area contributed by atoms with Gasteiger partial charge in [0.2, 0.25) is 0 Å². The molecular weight excluding hydrogens is 224 g/mol. The summed E-state index contributed by atoms with van der Waals surface area (Å²) in [6.07, 6.45) is 2.05. The van der Waals surface area contributed by atoms with Crippen molar-refractivity contribution in [2.45, 2.75) is 25.9 Å². The zero-order chi connectivity index (χ0) is 12.7. The molecule has 1 heterocycles. The van der Waals surface area contributed by atoms with E-state index in [-0.39, 0.29) is 13.2 Å². The Hall–Kier alpha value is -1.82. The molecule has 17 heavy (non-hydrogen) atoms. The number of nitrogens with one attached hydrogen (secondary N) is 2. The van der Waals surface area contributed by atoms with Crippen molar-refractivity contribution in [1.82, 2.24) is 10.6 Å². The zero-order valence-electron chi connectivity index (χ0n) is 9.60. The van der Waals surface area contributed by atoms with Crippen LogP contribution in [0.3, 0.4) is 0 Å². The van der Waals surface area contributed by atoms with Crippen LogP contribution in [0.5, 0.6) is 0 Å². The zero-order valence-corrected chi connectivity index (χ0v) is 9.60. The second-order valence-electron chi connectivity index (χ2n) is 3.52.